The number of hydrogen-bond donors (Lipinski definition) is 1. The van der Waals surface area contributed by atoms with E-state index in [1.165, 1.54) is 0 Å². The molecule has 0 unspecified atom stereocenters. The van der Waals surface area contributed by atoms with Gasteiger partial charge in [-0.2, -0.15) is 5.10 Å². The van der Waals surface area contributed by atoms with Crippen molar-refractivity contribution in [1.82, 2.24) is 25.0 Å². The summed E-state index contributed by atoms with van der Waals surface area (Å²) in [7, 11) is 1.99. The van der Waals surface area contributed by atoms with Gasteiger partial charge in [0.2, 0.25) is 0 Å². The molecule has 8 heteroatoms. The summed E-state index contributed by atoms with van der Waals surface area (Å²) in [4.78, 5) is 20.2. The molecule has 0 saturated carbocycles. The second-order valence-corrected chi connectivity index (χ2v) is 7.70. The van der Waals surface area contributed by atoms with Crippen LogP contribution in [0.4, 0.5) is 0 Å². The predicted molar refractivity (Wildman–Crippen MR) is 126 cm³/mol. The summed E-state index contributed by atoms with van der Waals surface area (Å²) in [6, 6.07) is 12.6. The van der Waals surface area contributed by atoms with Gasteiger partial charge in [-0.15, -0.1) is 24.8 Å². The quantitative estimate of drug-likeness (QED) is 0.642. The van der Waals surface area contributed by atoms with Crippen molar-refractivity contribution in [1.29, 1.82) is 0 Å². The number of pyridine rings is 1. The number of amides is 1. The lowest BCUT2D eigenvalue weighted by atomic mass is 10.0. The topological polar surface area (TPSA) is 63.1 Å². The molecule has 3 aromatic rings. The van der Waals surface area contributed by atoms with E-state index in [0.29, 0.717) is 11.6 Å². The molecule has 1 N–H and O–H groups in total. The van der Waals surface area contributed by atoms with Crippen LogP contribution in [0.25, 0.3) is 22.3 Å². The molecule has 4 rings (SSSR count). The van der Waals surface area contributed by atoms with Gasteiger partial charge in [-0.3, -0.25) is 4.79 Å². The highest BCUT2D eigenvalue weighted by Gasteiger charge is 2.26. The van der Waals surface area contributed by atoms with Crippen LogP contribution in [0.3, 0.4) is 0 Å². The van der Waals surface area contributed by atoms with Crippen LogP contribution in [0.2, 0.25) is 0 Å². The highest BCUT2D eigenvalue weighted by Crippen LogP contribution is 2.28. The molecule has 0 atom stereocenters. The molecular weight excluding hydrogens is 421 g/mol. The summed E-state index contributed by atoms with van der Waals surface area (Å²) in [6.45, 7) is 5.70. The first-order chi connectivity index (χ1) is 13.6. The van der Waals surface area contributed by atoms with Crippen LogP contribution in [-0.4, -0.2) is 51.8 Å². The SMILES string of the molecule is CNC1CCN(C(=O)c2cc(-c3ccccc3)nc3c2cnn3C(C)C)CC1.Cl.Cl. The number of piperidine rings is 1. The first kappa shape index (κ1) is 24.1. The zero-order chi connectivity index (χ0) is 19.7. The van der Waals surface area contributed by atoms with Crippen molar-refractivity contribution >= 4 is 41.8 Å². The van der Waals surface area contributed by atoms with E-state index in [1.807, 2.05) is 53.0 Å². The molecule has 0 radical (unpaired) electrons. The Labute approximate surface area is 189 Å². The normalized spacial score (nSPS) is 14.5. The summed E-state index contributed by atoms with van der Waals surface area (Å²) in [5.74, 6) is 0.0717. The Morgan fingerprint density at radius 2 is 1.80 bits per heavy atom. The molecule has 0 bridgehead atoms. The Morgan fingerprint density at radius 3 is 2.40 bits per heavy atom. The largest absolute Gasteiger partial charge is 0.339 e. The molecule has 162 valence electrons. The highest BCUT2D eigenvalue weighted by molar-refractivity contribution is 6.06. The van der Waals surface area contributed by atoms with Crippen molar-refractivity contribution in [3.05, 3.63) is 48.2 Å². The smallest absolute Gasteiger partial charge is 0.254 e. The highest BCUT2D eigenvalue weighted by atomic mass is 35.5. The van der Waals surface area contributed by atoms with Crippen molar-refractivity contribution in [2.45, 2.75) is 38.8 Å². The molecule has 1 aromatic carbocycles. The second kappa shape index (κ2) is 10.2. The van der Waals surface area contributed by atoms with Gasteiger partial charge < -0.3 is 10.2 Å². The van der Waals surface area contributed by atoms with Crippen molar-refractivity contribution in [2.24, 2.45) is 0 Å². The number of nitrogens with zero attached hydrogens (tertiary/aromatic N) is 4. The van der Waals surface area contributed by atoms with Crippen LogP contribution < -0.4 is 5.32 Å². The van der Waals surface area contributed by atoms with Crippen molar-refractivity contribution < 1.29 is 4.79 Å². The lowest BCUT2D eigenvalue weighted by molar-refractivity contribution is 0.0709. The van der Waals surface area contributed by atoms with Gasteiger partial charge in [0.15, 0.2) is 5.65 Å². The van der Waals surface area contributed by atoms with Gasteiger partial charge in [-0.25, -0.2) is 9.67 Å². The maximum absolute atomic E-state index is 13.4. The van der Waals surface area contributed by atoms with E-state index in [4.69, 9.17) is 4.98 Å². The summed E-state index contributed by atoms with van der Waals surface area (Å²) in [6.07, 6.45) is 3.74. The molecule has 0 aliphatic carbocycles. The van der Waals surface area contributed by atoms with E-state index >= 15 is 0 Å². The fraction of sp³-hybridized carbons (Fsp3) is 0.409. The lowest BCUT2D eigenvalue weighted by Crippen LogP contribution is -2.44. The Hall–Kier alpha value is -2.15. The number of aromatic nitrogens is 3. The van der Waals surface area contributed by atoms with E-state index in [1.54, 1.807) is 6.20 Å². The van der Waals surface area contributed by atoms with Gasteiger partial charge >= 0.3 is 0 Å². The van der Waals surface area contributed by atoms with Gasteiger partial charge in [-0.1, -0.05) is 30.3 Å². The van der Waals surface area contributed by atoms with E-state index < -0.39 is 0 Å². The predicted octanol–water partition coefficient (Wildman–Crippen LogP) is 4.35. The van der Waals surface area contributed by atoms with Crippen LogP contribution in [0.15, 0.2) is 42.6 Å². The lowest BCUT2D eigenvalue weighted by Gasteiger charge is -2.32. The number of rotatable bonds is 4. The summed E-state index contributed by atoms with van der Waals surface area (Å²) in [5, 5.41) is 8.66. The minimum absolute atomic E-state index is 0. The van der Waals surface area contributed by atoms with Crippen molar-refractivity contribution in [3.63, 3.8) is 0 Å². The average molecular weight is 450 g/mol. The molecule has 1 fully saturated rings. The summed E-state index contributed by atoms with van der Waals surface area (Å²) >= 11 is 0. The Kier molecular flexibility index (Phi) is 8.24. The molecule has 6 nitrogen and oxygen atoms in total. The van der Waals surface area contributed by atoms with Gasteiger partial charge in [0.05, 0.1) is 22.8 Å². The van der Waals surface area contributed by atoms with Crippen LogP contribution in [0.1, 0.15) is 43.1 Å². The van der Waals surface area contributed by atoms with Gasteiger partial charge in [0.25, 0.3) is 5.91 Å². The standard InChI is InChI=1S/C22H27N5O.2ClH/c1-15(2)27-21-19(14-24-27)18(13-20(25-21)16-7-5-4-6-8-16)22(28)26-11-9-17(23-3)10-12-26;;/h4-8,13-15,17,23H,9-12H2,1-3H3;2*1H. The van der Waals surface area contributed by atoms with E-state index in [-0.39, 0.29) is 36.8 Å². The Balaban J connectivity index is 0.00000160. The number of carbonyl (C=O) groups is 1. The van der Waals surface area contributed by atoms with Gasteiger partial charge in [0, 0.05) is 30.7 Å². The maximum atomic E-state index is 13.4. The maximum Gasteiger partial charge on any atom is 0.254 e. The zero-order valence-corrected chi connectivity index (χ0v) is 19.2. The molecule has 2 aromatic heterocycles. The first-order valence-electron chi connectivity index (χ1n) is 9.98. The molecule has 1 saturated heterocycles. The zero-order valence-electron chi connectivity index (χ0n) is 17.5. The number of fused-ring (bicyclic) bond motifs is 1. The van der Waals surface area contributed by atoms with E-state index in [2.05, 4.69) is 24.3 Å². The molecule has 1 aliphatic heterocycles. The third-order valence-electron chi connectivity index (χ3n) is 5.55. The number of halogens is 2. The molecule has 30 heavy (non-hydrogen) atoms. The molecule has 0 spiro atoms. The number of benzene rings is 1. The summed E-state index contributed by atoms with van der Waals surface area (Å²) < 4.78 is 1.89. The first-order valence-corrected chi connectivity index (χ1v) is 9.98. The molecule has 1 amide bonds. The number of nitrogens with one attached hydrogen (secondary N) is 1. The van der Waals surface area contributed by atoms with E-state index in [9.17, 15) is 4.79 Å². The molecule has 3 heterocycles. The third kappa shape index (κ3) is 4.61. The monoisotopic (exact) mass is 449 g/mol. The average Bonchev–Trinajstić information content (AvgIpc) is 3.17. The summed E-state index contributed by atoms with van der Waals surface area (Å²) in [5.41, 5.74) is 3.27. The van der Waals surface area contributed by atoms with Crippen LogP contribution in [0, 0.1) is 0 Å². The second-order valence-electron chi connectivity index (χ2n) is 7.70. The molecular formula is C22H29Cl2N5O. The third-order valence-corrected chi connectivity index (χ3v) is 5.55. The number of carbonyl (C=O) groups excluding carboxylic acids is 1. The fourth-order valence-electron chi connectivity index (χ4n) is 3.87. The Morgan fingerprint density at radius 1 is 1.13 bits per heavy atom. The minimum Gasteiger partial charge on any atom is -0.339 e. The van der Waals surface area contributed by atoms with Crippen LogP contribution in [-0.2, 0) is 0 Å². The van der Waals surface area contributed by atoms with Gasteiger partial charge in [0.1, 0.15) is 0 Å². The minimum atomic E-state index is 0. The Bertz CT molecular complexity index is 982. The van der Waals surface area contributed by atoms with Crippen LogP contribution in [0.5, 0.6) is 0 Å². The van der Waals surface area contributed by atoms with Crippen molar-refractivity contribution in [3.8, 4) is 11.3 Å². The van der Waals surface area contributed by atoms with Crippen molar-refractivity contribution in [2.75, 3.05) is 20.1 Å². The fourth-order valence-corrected chi connectivity index (χ4v) is 3.87. The molecule has 1 aliphatic rings. The van der Waals surface area contributed by atoms with E-state index in [0.717, 1.165) is 48.2 Å². The number of hydrogen-bond acceptors (Lipinski definition) is 4. The van der Waals surface area contributed by atoms with Crippen LogP contribution >= 0.6 is 24.8 Å². The number of likely N-dealkylation sites (tertiary alicyclic amines) is 1. The van der Waals surface area contributed by atoms with Gasteiger partial charge in [-0.05, 0) is 39.8 Å².